The molecule has 2 N–H and O–H groups in total. The van der Waals surface area contributed by atoms with E-state index in [2.05, 4.69) is 46.7 Å². The molecule has 2 nitrogen and oxygen atoms in total. The summed E-state index contributed by atoms with van der Waals surface area (Å²) in [6, 6.07) is 8.44. The lowest BCUT2D eigenvalue weighted by atomic mass is 10.1. The van der Waals surface area contributed by atoms with Crippen molar-refractivity contribution in [3.05, 3.63) is 42.1 Å². The molecule has 0 radical (unpaired) electrons. The number of H-pyrrole nitrogens is 1. The van der Waals surface area contributed by atoms with Crippen molar-refractivity contribution in [2.75, 3.05) is 13.6 Å². The van der Waals surface area contributed by atoms with Crippen LogP contribution in [-0.4, -0.2) is 18.6 Å². The summed E-state index contributed by atoms with van der Waals surface area (Å²) in [6.07, 6.45) is 7.42. The van der Waals surface area contributed by atoms with Crippen molar-refractivity contribution in [1.29, 1.82) is 0 Å². The number of hydrogen-bond acceptors (Lipinski definition) is 1. The Labute approximate surface area is 90.0 Å². The topological polar surface area (TPSA) is 27.8 Å². The number of rotatable bonds is 4. The molecule has 0 aliphatic heterocycles. The minimum atomic E-state index is 1.03. The monoisotopic (exact) mass is 200 g/mol. The fraction of sp³-hybridized carbons (Fsp3) is 0.231. The Kier molecular flexibility index (Phi) is 3.20. The Morgan fingerprint density at radius 2 is 2.27 bits per heavy atom. The number of aromatic nitrogens is 1. The van der Waals surface area contributed by atoms with Crippen molar-refractivity contribution in [1.82, 2.24) is 10.3 Å². The van der Waals surface area contributed by atoms with E-state index in [0.717, 1.165) is 13.0 Å². The van der Waals surface area contributed by atoms with Crippen molar-refractivity contribution < 1.29 is 0 Å². The Bertz CT molecular complexity index is 454. The van der Waals surface area contributed by atoms with Crippen LogP contribution < -0.4 is 5.32 Å². The Balaban J connectivity index is 2.20. The first-order chi connectivity index (χ1) is 7.42. The van der Waals surface area contributed by atoms with Gasteiger partial charge in [-0.05, 0) is 37.0 Å². The smallest absolute Gasteiger partial charge is 0.0527 e. The Morgan fingerprint density at radius 1 is 1.33 bits per heavy atom. The zero-order valence-electron chi connectivity index (χ0n) is 8.96. The average Bonchev–Trinajstić information content (AvgIpc) is 2.73. The van der Waals surface area contributed by atoms with Crippen LogP contribution >= 0.6 is 0 Å². The number of nitrogens with one attached hydrogen (secondary N) is 2. The van der Waals surface area contributed by atoms with Gasteiger partial charge >= 0.3 is 0 Å². The minimum Gasteiger partial charge on any atom is -0.361 e. The van der Waals surface area contributed by atoms with Crippen LogP contribution in [0.1, 0.15) is 12.0 Å². The van der Waals surface area contributed by atoms with Gasteiger partial charge in [0.1, 0.15) is 0 Å². The van der Waals surface area contributed by atoms with Gasteiger partial charge in [-0.2, -0.15) is 0 Å². The number of aromatic amines is 1. The molecule has 0 spiro atoms. The highest BCUT2D eigenvalue weighted by atomic mass is 14.8. The van der Waals surface area contributed by atoms with Crippen molar-refractivity contribution in [3.63, 3.8) is 0 Å². The van der Waals surface area contributed by atoms with E-state index in [4.69, 9.17) is 0 Å². The van der Waals surface area contributed by atoms with Gasteiger partial charge in [0.15, 0.2) is 0 Å². The normalized spacial score (nSPS) is 11.5. The van der Waals surface area contributed by atoms with E-state index in [9.17, 15) is 0 Å². The molecule has 2 aromatic rings. The van der Waals surface area contributed by atoms with E-state index >= 15 is 0 Å². The molecule has 0 atom stereocenters. The summed E-state index contributed by atoms with van der Waals surface area (Å²) in [4.78, 5) is 3.26. The zero-order valence-corrected chi connectivity index (χ0v) is 8.96. The van der Waals surface area contributed by atoms with Gasteiger partial charge in [-0.25, -0.2) is 0 Å². The lowest BCUT2D eigenvalue weighted by Gasteiger charge is -1.97. The molecule has 0 aliphatic rings. The minimum absolute atomic E-state index is 1.03. The molecular formula is C13H16N2. The third kappa shape index (κ3) is 2.28. The lowest BCUT2D eigenvalue weighted by Crippen LogP contribution is -2.05. The fourth-order valence-corrected chi connectivity index (χ4v) is 1.69. The second-order valence-electron chi connectivity index (χ2n) is 3.58. The van der Waals surface area contributed by atoms with Gasteiger partial charge in [0.25, 0.3) is 0 Å². The highest BCUT2D eigenvalue weighted by Crippen LogP contribution is 2.18. The van der Waals surface area contributed by atoms with Gasteiger partial charge in [-0.1, -0.05) is 30.4 Å². The highest BCUT2D eigenvalue weighted by molar-refractivity contribution is 5.87. The molecule has 0 amide bonds. The molecule has 0 saturated heterocycles. The molecule has 0 saturated carbocycles. The Morgan fingerprint density at radius 3 is 3.13 bits per heavy atom. The maximum absolute atomic E-state index is 3.26. The summed E-state index contributed by atoms with van der Waals surface area (Å²) in [6.45, 7) is 1.03. The molecule has 0 bridgehead atoms. The Hall–Kier alpha value is -1.54. The van der Waals surface area contributed by atoms with Crippen LogP contribution in [-0.2, 0) is 0 Å². The summed E-state index contributed by atoms with van der Waals surface area (Å²) in [5.74, 6) is 0. The second-order valence-corrected chi connectivity index (χ2v) is 3.58. The van der Waals surface area contributed by atoms with Crippen LogP contribution in [0.3, 0.4) is 0 Å². The van der Waals surface area contributed by atoms with E-state index in [1.165, 1.54) is 16.5 Å². The molecule has 78 valence electrons. The third-order valence-electron chi connectivity index (χ3n) is 2.48. The zero-order chi connectivity index (χ0) is 10.5. The number of para-hydroxylation sites is 1. The van der Waals surface area contributed by atoms with E-state index in [0.29, 0.717) is 0 Å². The summed E-state index contributed by atoms with van der Waals surface area (Å²) in [5.41, 5.74) is 2.48. The first kappa shape index (κ1) is 9.99. The summed E-state index contributed by atoms with van der Waals surface area (Å²) in [5, 5.41) is 4.40. The van der Waals surface area contributed by atoms with Crippen molar-refractivity contribution in [2.24, 2.45) is 0 Å². The van der Waals surface area contributed by atoms with E-state index in [1.807, 2.05) is 13.2 Å². The van der Waals surface area contributed by atoms with Crippen LogP contribution in [0.25, 0.3) is 17.0 Å². The second kappa shape index (κ2) is 4.80. The predicted molar refractivity (Wildman–Crippen MR) is 65.9 cm³/mol. The van der Waals surface area contributed by atoms with Gasteiger partial charge in [0, 0.05) is 6.20 Å². The average molecular weight is 200 g/mol. The molecular weight excluding hydrogens is 184 g/mol. The molecule has 0 unspecified atom stereocenters. The molecule has 2 rings (SSSR count). The standard InChI is InChI=1S/C13H16N2/c1-14-9-3-2-5-11-6-4-7-12-8-10-15-13(11)12/h2,4-8,10,14-15H,3,9H2,1H3. The first-order valence-corrected chi connectivity index (χ1v) is 5.29. The molecule has 1 aromatic carbocycles. The number of fused-ring (bicyclic) bond motifs is 1. The maximum Gasteiger partial charge on any atom is 0.0527 e. The molecule has 15 heavy (non-hydrogen) atoms. The molecule has 2 heteroatoms. The van der Waals surface area contributed by atoms with Crippen molar-refractivity contribution in [3.8, 4) is 0 Å². The SMILES string of the molecule is CNCCC=Cc1cccc2cc[nH]c12. The van der Waals surface area contributed by atoms with E-state index in [1.54, 1.807) is 0 Å². The number of benzene rings is 1. The van der Waals surface area contributed by atoms with Gasteiger partial charge in [-0.15, -0.1) is 0 Å². The van der Waals surface area contributed by atoms with Crippen LogP contribution in [0.4, 0.5) is 0 Å². The lowest BCUT2D eigenvalue weighted by molar-refractivity contribution is 0.809. The molecule has 1 aromatic heterocycles. The van der Waals surface area contributed by atoms with E-state index in [-0.39, 0.29) is 0 Å². The number of hydrogen-bond donors (Lipinski definition) is 2. The van der Waals surface area contributed by atoms with Gasteiger partial charge < -0.3 is 10.3 Å². The molecule has 0 fully saturated rings. The van der Waals surface area contributed by atoms with Crippen LogP contribution in [0.15, 0.2) is 36.5 Å². The first-order valence-electron chi connectivity index (χ1n) is 5.29. The quantitative estimate of drug-likeness (QED) is 0.730. The van der Waals surface area contributed by atoms with Gasteiger partial charge in [0.2, 0.25) is 0 Å². The van der Waals surface area contributed by atoms with Crippen LogP contribution in [0.5, 0.6) is 0 Å². The van der Waals surface area contributed by atoms with Crippen molar-refractivity contribution >= 4 is 17.0 Å². The van der Waals surface area contributed by atoms with Crippen molar-refractivity contribution in [2.45, 2.75) is 6.42 Å². The predicted octanol–water partition coefficient (Wildman–Crippen LogP) is 2.79. The molecule has 0 aliphatic carbocycles. The summed E-state index contributed by atoms with van der Waals surface area (Å²) >= 11 is 0. The van der Waals surface area contributed by atoms with E-state index < -0.39 is 0 Å². The third-order valence-corrected chi connectivity index (χ3v) is 2.48. The fourth-order valence-electron chi connectivity index (χ4n) is 1.69. The highest BCUT2D eigenvalue weighted by Gasteiger charge is 1.96. The largest absolute Gasteiger partial charge is 0.361 e. The van der Waals surface area contributed by atoms with Gasteiger partial charge in [0.05, 0.1) is 5.52 Å². The summed E-state index contributed by atoms with van der Waals surface area (Å²) < 4.78 is 0. The van der Waals surface area contributed by atoms with Crippen LogP contribution in [0.2, 0.25) is 0 Å². The maximum atomic E-state index is 3.26. The summed E-state index contributed by atoms with van der Waals surface area (Å²) in [7, 11) is 1.97. The van der Waals surface area contributed by atoms with Crippen LogP contribution in [0, 0.1) is 0 Å². The molecule has 1 heterocycles. The van der Waals surface area contributed by atoms with Gasteiger partial charge in [-0.3, -0.25) is 0 Å².